The third-order valence-corrected chi connectivity index (χ3v) is 7.19. The van der Waals surface area contributed by atoms with Crippen molar-refractivity contribution in [2.24, 2.45) is 35.5 Å². The first-order valence-electron chi connectivity index (χ1n) is 11.2. The van der Waals surface area contributed by atoms with Crippen LogP contribution in [0.15, 0.2) is 47.6 Å². The molecule has 0 bridgehead atoms. The van der Waals surface area contributed by atoms with Gasteiger partial charge >= 0.3 is 0 Å². The lowest BCUT2D eigenvalue weighted by atomic mass is 9.83. The summed E-state index contributed by atoms with van der Waals surface area (Å²) in [4.78, 5) is 0. The Bertz CT molecular complexity index is 573. The molecule has 26 heavy (non-hydrogen) atoms. The fourth-order valence-corrected chi connectivity index (χ4v) is 5.57. The lowest BCUT2D eigenvalue weighted by molar-refractivity contribution is 0.294. The number of hydrogen-bond acceptors (Lipinski definition) is 0. The molecule has 0 aliphatic heterocycles. The highest BCUT2D eigenvalue weighted by atomic mass is 14.4. The zero-order chi connectivity index (χ0) is 18.5. The molecule has 0 heterocycles. The molecule has 0 nitrogen and oxygen atoms in total. The van der Waals surface area contributed by atoms with Crippen LogP contribution in [0.25, 0.3) is 0 Å². The van der Waals surface area contributed by atoms with Crippen LogP contribution in [0.4, 0.5) is 0 Å². The molecule has 1 saturated carbocycles. The largest absolute Gasteiger partial charge is 0.0877 e. The van der Waals surface area contributed by atoms with Crippen molar-refractivity contribution >= 4 is 0 Å². The van der Waals surface area contributed by atoms with Gasteiger partial charge in [-0.25, -0.2) is 0 Å². The van der Waals surface area contributed by atoms with E-state index in [2.05, 4.69) is 64.2 Å². The minimum Gasteiger partial charge on any atom is -0.0877 e. The van der Waals surface area contributed by atoms with E-state index >= 15 is 0 Å². The molecule has 1 fully saturated rings. The Labute approximate surface area is 162 Å². The SMILES string of the molecule is CC1=CC(C=CCC(C)C2CC(CC3=CCC(C)C=C3)CC2C)CCC1. The van der Waals surface area contributed by atoms with Gasteiger partial charge in [0.05, 0.1) is 0 Å². The third-order valence-electron chi connectivity index (χ3n) is 7.19. The zero-order valence-electron chi connectivity index (χ0n) is 17.6. The van der Waals surface area contributed by atoms with Crippen LogP contribution in [0.1, 0.15) is 79.1 Å². The molecule has 0 aromatic heterocycles. The lowest BCUT2D eigenvalue weighted by Gasteiger charge is -2.23. The Balaban J connectivity index is 1.46. The second-order valence-corrected chi connectivity index (χ2v) is 9.74. The van der Waals surface area contributed by atoms with Crippen LogP contribution < -0.4 is 0 Å². The van der Waals surface area contributed by atoms with Crippen LogP contribution in [-0.4, -0.2) is 0 Å². The fraction of sp³-hybridized carbons (Fsp3) is 0.692. The van der Waals surface area contributed by atoms with E-state index in [1.165, 1.54) is 51.4 Å². The van der Waals surface area contributed by atoms with Crippen molar-refractivity contribution in [1.29, 1.82) is 0 Å². The second-order valence-electron chi connectivity index (χ2n) is 9.74. The molecule has 0 spiro atoms. The van der Waals surface area contributed by atoms with Crippen LogP contribution in [0, 0.1) is 35.5 Å². The summed E-state index contributed by atoms with van der Waals surface area (Å²) in [5.74, 6) is 5.00. The summed E-state index contributed by atoms with van der Waals surface area (Å²) >= 11 is 0. The van der Waals surface area contributed by atoms with Gasteiger partial charge in [-0.15, -0.1) is 0 Å². The first-order chi connectivity index (χ1) is 12.5. The van der Waals surface area contributed by atoms with Crippen LogP contribution in [-0.2, 0) is 0 Å². The van der Waals surface area contributed by atoms with E-state index in [1.807, 2.05) is 0 Å². The van der Waals surface area contributed by atoms with Gasteiger partial charge in [-0.05, 0) is 93.8 Å². The van der Waals surface area contributed by atoms with E-state index < -0.39 is 0 Å². The lowest BCUT2D eigenvalue weighted by Crippen LogP contribution is -2.14. The normalized spacial score (nSPS) is 36.2. The molecule has 6 atom stereocenters. The Morgan fingerprint density at radius 2 is 2.08 bits per heavy atom. The van der Waals surface area contributed by atoms with E-state index in [1.54, 1.807) is 11.1 Å². The predicted octanol–water partition coefficient (Wildman–Crippen LogP) is 7.89. The van der Waals surface area contributed by atoms with Crippen LogP contribution in [0.2, 0.25) is 0 Å². The van der Waals surface area contributed by atoms with Crippen molar-refractivity contribution in [2.75, 3.05) is 0 Å². The van der Waals surface area contributed by atoms with Crippen LogP contribution in [0.3, 0.4) is 0 Å². The molecule has 0 N–H and O–H groups in total. The Kier molecular flexibility index (Phi) is 7.01. The molecular formula is C26H40. The molecule has 0 heteroatoms. The minimum absolute atomic E-state index is 0.706. The van der Waals surface area contributed by atoms with Gasteiger partial charge in [-0.2, -0.15) is 0 Å². The van der Waals surface area contributed by atoms with Crippen molar-refractivity contribution in [3.63, 3.8) is 0 Å². The number of rotatable bonds is 6. The highest BCUT2D eigenvalue weighted by molar-refractivity contribution is 5.24. The first kappa shape index (κ1) is 19.7. The number of allylic oxidation sites excluding steroid dienone is 8. The molecule has 0 saturated heterocycles. The molecule has 6 unspecified atom stereocenters. The highest BCUT2D eigenvalue weighted by Gasteiger charge is 2.34. The summed E-state index contributed by atoms with van der Waals surface area (Å²) in [7, 11) is 0. The highest BCUT2D eigenvalue weighted by Crippen LogP contribution is 2.44. The molecule has 3 aliphatic rings. The van der Waals surface area contributed by atoms with E-state index in [4.69, 9.17) is 0 Å². The molecule has 0 radical (unpaired) electrons. The van der Waals surface area contributed by atoms with E-state index in [0.29, 0.717) is 5.92 Å². The van der Waals surface area contributed by atoms with Gasteiger partial charge in [0.1, 0.15) is 0 Å². The Morgan fingerprint density at radius 3 is 2.81 bits per heavy atom. The Hall–Kier alpha value is -1.04. The van der Waals surface area contributed by atoms with E-state index in [0.717, 1.165) is 29.6 Å². The van der Waals surface area contributed by atoms with Crippen molar-refractivity contribution in [2.45, 2.75) is 79.1 Å². The number of hydrogen-bond donors (Lipinski definition) is 0. The van der Waals surface area contributed by atoms with Gasteiger partial charge < -0.3 is 0 Å². The van der Waals surface area contributed by atoms with Crippen molar-refractivity contribution in [3.05, 3.63) is 47.6 Å². The standard InChI is InChI=1S/C26H40/c1-19-11-13-24(14-12-19)17-25-16-22(4)26(18-25)21(3)8-6-10-23-9-5-7-20(2)15-23/h6,10-11,13-15,19,21-23,25-26H,5,7-9,12,16-18H2,1-4H3. The molecule has 0 aromatic carbocycles. The monoisotopic (exact) mass is 352 g/mol. The Morgan fingerprint density at radius 1 is 1.23 bits per heavy atom. The fourth-order valence-electron chi connectivity index (χ4n) is 5.57. The minimum atomic E-state index is 0.706. The second kappa shape index (κ2) is 9.25. The van der Waals surface area contributed by atoms with E-state index in [9.17, 15) is 0 Å². The summed E-state index contributed by atoms with van der Waals surface area (Å²) in [5.41, 5.74) is 3.19. The van der Waals surface area contributed by atoms with Crippen molar-refractivity contribution < 1.29 is 0 Å². The van der Waals surface area contributed by atoms with Gasteiger partial charge in [0.25, 0.3) is 0 Å². The van der Waals surface area contributed by atoms with Gasteiger partial charge in [0, 0.05) is 0 Å². The van der Waals surface area contributed by atoms with Crippen LogP contribution in [0.5, 0.6) is 0 Å². The van der Waals surface area contributed by atoms with Crippen molar-refractivity contribution in [1.82, 2.24) is 0 Å². The topological polar surface area (TPSA) is 0 Å². The van der Waals surface area contributed by atoms with Gasteiger partial charge in [-0.3, -0.25) is 0 Å². The summed E-state index contributed by atoms with van der Waals surface area (Å²) < 4.78 is 0. The summed E-state index contributed by atoms with van der Waals surface area (Å²) in [6, 6.07) is 0. The molecule has 3 aliphatic carbocycles. The van der Waals surface area contributed by atoms with Crippen LogP contribution >= 0.6 is 0 Å². The summed E-state index contributed by atoms with van der Waals surface area (Å²) in [6.07, 6.45) is 25.5. The quantitative estimate of drug-likeness (QED) is 0.426. The van der Waals surface area contributed by atoms with Gasteiger partial charge in [-0.1, -0.05) is 68.4 Å². The molecule has 0 amide bonds. The van der Waals surface area contributed by atoms with Gasteiger partial charge in [0.15, 0.2) is 0 Å². The molecule has 3 rings (SSSR count). The molecule has 0 aromatic rings. The maximum Gasteiger partial charge on any atom is -0.00508 e. The maximum absolute atomic E-state index is 2.51. The summed E-state index contributed by atoms with van der Waals surface area (Å²) in [5, 5.41) is 0. The molecular weight excluding hydrogens is 312 g/mol. The predicted molar refractivity (Wildman–Crippen MR) is 115 cm³/mol. The summed E-state index contributed by atoms with van der Waals surface area (Å²) in [6.45, 7) is 9.61. The van der Waals surface area contributed by atoms with Crippen molar-refractivity contribution in [3.8, 4) is 0 Å². The first-order valence-corrected chi connectivity index (χ1v) is 11.2. The third kappa shape index (κ3) is 5.48. The maximum atomic E-state index is 2.51. The van der Waals surface area contributed by atoms with E-state index in [-0.39, 0.29) is 0 Å². The zero-order valence-corrected chi connectivity index (χ0v) is 17.6. The smallest absolute Gasteiger partial charge is 0.00508 e. The van der Waals surface area contributed by atoms with Gasteiger partial charge in [0.2, 0.25) is 0 Å². The molecule has 144 valence electrons. The average Bonchev–Trinajstić information content (AvgIpc) is 2.97. The average molecular weight is 353 g/mol.